The van der Waals surface area contributed by atoms with Crippen LogP contribution in [0.4, 0.5) is 0 Å². The summed E-state index contributed by atoms with van der Waals surface area (Å²) in [6.45, 7) is 2.21. The van der Waals surface area contributed by atoms with E-state index in [1.165, 1.54) is 31.4 Å². The predicted molar refractivity (Wildman–Crippen MR) is 59.5 cm³/mol. The van der Waals surface area contributed by atoms with E-state index in [1.807, 2.05) is 11.8 Å². The van der Waals surface area contributed by atoms with Gasteiger partial charge in [0.15, 0.2) is 0 Å². The van der Waals surface area contributed by atoms with E-state index in [0.29, 0.717) is 0 Å². The number of rotatable bonds is 6. The van der Waals surface area contributed by atoms with Crippen molar-refractivity contribution in [1.29, 1.82) is 0 Å². The van der Waals surface area contributed by atoms with E-state index in [1.54, 1.807) is 0 Å². The van der Waals surface area contributed by atoms with Crippen LogP contribution < -0.4 is 0 Å². The molecule has 0 bridgehead atoms. The van der Waals surface area contributed by atoms with E-state index in [9.17, 15) is 0 Å². The Labute approximate surface area is 81.5 Å². The maximum absolute atomic E-state index is 3.22. The normalized spacial score (nSPS) is 9.17. The van der Waals surface area contributed by atoms with Gasteiger partial charge in [0.05, 0.1) is 0 Å². The molecule has 0 nitrogen and oxygen atoms in total. The van der Waals surface area contributed by atoms with Crippen LogP contribution in [0.3, 0.4) is 0 Å². The molecule has 0 unspecified atom stereocenters. The largest absolute Gasteiger partial charge is 0.165 e. The highest BCUT2D eigenvalue weighted by Crippen LogP contribution is 2.01. The van der Waals surface area contributed by atoms with Gasteiger partial charge in [0, 0.05) is 12.8 Å². The van der Waals surface area contributed by atoms with Gasteiger partial charge in [-0.2, -0.15) is 11.8 Å². The van der Waals surface area contributed by atoms with Crippen molar-refractivity contribution < 1.29 is 0 Å². The second kappa shape index (κ2) is 10.9. The third-order valence-electron chi connectivity index (χ3n) is 1.68. The summed E-state index contributed by atoms with van der Waals surface area (Å²) in [6.07, 6.45) is 9.48. The fourth-order valence-electron chi connectivity index (χ4n) is 0.902. The van der Waals surface area contributed by atoms with Gasteiger partial charge in [0.1, 0.15) is 0 Å². The lowest BCUT2D eigenvalue weighted by atomic mass is 10.2. The average molecular weight is 184 g/mol. The molecule has 0 heterocycles. The van der Waals surface area contributed by atoms with Crippen molar-refractivity contribution in [3.8, 4) is 11.8 Å². The van der Waals surface area contributed by atoms with Crippen molar-refractivity contribution in [3.63, 3.8) is 0 Å². The van der Waals surface area contributed by atoms with E-state index < -0.39 is 0 Å². The van der Waals surface area contributed by atoms with E-state index >= 15 is 0 Å². The molecule has 0 saturated heterocycles. The van der Waals surface area contributed by atoms with Gasteiger partial charge in [0.2, 0.25) is 0 Å². The number of hydrogen-bond donors (Lipinski definition) is 0. The lowest BCUT2D eigenvalue weighted by Gasteiger charge is -1.91. The van der Waals surface area contributed by atoms with Crippen molar-refractivity contribution >= 4 is 11.8 Å². The molecule has 0 aliphatic rings. The van der Waals surface area contributed by atoms with E-state index in [-0.39, 0.29) is 0 Å². The molecule has 0 atom stereocenters. The summed E-state index contributed by atoms with van der Waals surface area (Å²) in [5.41, 5.74) is 0. The molecule has 0 aromatic carbocycles. The minimum atomic E-state index is 1.10. The summed E-state index contributed by atoms with van der Waals surface area (Å²) in [7, 11) is 0. The molecule has 0 aromatic rings. The Morgan fingerprint density at radius 1 is 1.00 bits per heavy atom. The van der Waals surface area contributed by atoms with Gasteiger partial charge < -0.3 is 0 Å². The lowest BCUT2D eigenvalue weighted by Crippen LogP contribution is -1.77. The van der Waals surface area contributed by atoms with Crippen LogP contribution in [0, 0.1) is 11.8 Å². The lowest BCUT2D eigenvalue weighted by molar-refractivity contribution is 0.819. The van der Waals surface area contributed by atoms with Crippen LogP contribution in [0.15, 0.2) is 0 Å². The molecule has 0 amide bonds. The Morgan fingerprint density at radius 2 is 1.67 bits per heavy atom. The Kier molecular flexibility index (Phi) is 10.8. The molecule has 12 heavy (non-hydrogen) atoms. The quantitative estimate of drug-likeness (QED) is 0.448. The molecule has 0 aromatic heterocycles. The van der Waals surface area contributed by atoms with Crippen LogP contribution in [-0.2, 0) is 0 Å². The first-order valence-corrected chi connectivity index (χ1v) is 6.25. The first-order valence-electron chi connectivity index (χ1n) is 4.86. The molecular formula is C11H20S. The molecule has 0 aliphatic heterocycles. The summed E-state index contributed by atoms with van der Waals surface area (Å²) in [5.74, 6) is 7.71. The van der Waals surface area contributed by atoms with Gasteiger partial charge in [0.25, 0.3) is 0 Å². The van der Waals surface area contributed by atoms with Crippen molar-refractivity contribution in [2.24, 2.45) is 0 Å². The Bertz CT molecular complexity index is 130. The number of hydrogen-bond acceptors (Lipinski definition) is 1. The van der Waals surface area contributed by atoms with Gasteiger partial charge in [-0.3, -0.25) is 0 Å². The van der Waals surface area contributed by atoms with E-state index in [2.05, 4.69) is 25.0 Å². The first kappa shape index (κ1) is 11.9. The standard InChI is InChI=1S/C11H20S/c1-3-4-5-6-7-8-9-10-11-12-2/h3-5,8-11H2,1-2H3. The zero-order valence-corrected chi connectivity index (χ0v) is 9.17. The van der Waals surface area contributed by atoms with Crippen LogP contribution >= 0.6 is 11.8 Å². The van der Waals surface area contributed by atoms with Crippen LogP contribution in [0.25, 0.3) is 0 Å². The van der Waals surface area contributed by atoms with Gasteiger partial charge in [-0.05, 0) is 31.3 Å². The van der Waals surface area contributed by atoms with Crippen molar-refractivity contribution in [3.05, 3.63) is 0 Å². The SMILES string of the molecule is CCCCC#CCCCCSC. The zero-order chi connectivity index (χ0) is 9.07. The van der Waals surface area contributed by atoms with Crippen molar-refractivity contribution in [2.45, 2.75) is 45.4 Å². The highest BCUT2D eigenvalue weighted by Gasteiger charge is 1.83. The molecule has 0 spiro atoms. The molecule has 0 radical (unpaired) electrons. The molecule has 0 aliphatic carbocycles. The second-order valence-corrected chi connectivity index (χ2v) is 3.89. The monoisotopic (exact) mass is 184 g/mol. The summed E-state index contributed by atoms with van der Waals surface area (Å²) in [5, 5.41) is 0. The predicted octanol–water partition coefficient (Wildman–Crippen LogP) is 3.71. The van der Waals surface area contributed by atoms with Gasteiger partial charge in [-0.1, -0.05) is 13.3 Å². The Hall–Kier alpha value is -0.0900. The molecular weight excluding hydrogens is 164 g/mol. The molecule has 0 rings (SSSR count). The highest BCUT2D eigenvalue weighted by molar-refractivity contribution is 7.98. The maximum atomic E-state index is 3.22. The smallest absolute Gasteiger partial charge is 0.00889 e. The fourth-order valence-corrected chi connectivity index (χ4v) is 1.39. The van der Waals surface area contributed by atoms with E-state index in [0.717, 1.165) is 12.8 Å². The average Bonchev–Trinajstić information content (AvgIpc) is 2.10. The molecule has 70 valence electrons. The summed E-state index contributed by atoms with van der Waals surface area (Å²) in [4.78, 5) is 0. The third-order valence-corrected chi connectivity index (χ3v) is 2.38. The number of thioether (sulfide) groups is 1. The Balaban J connectivity index is 2.99. The molecule has 0 saturated carbocycles. The maximum Gasteiger partial charge on any atom is 0.00889 e. The van der Waals surface area contributed by atoms with Gasteiger partial charge >= 0.3 is 0 Å². The molecule has 0 fully saturated rings. The number of unbranched alkanes of at least 4 members (excludes halogenated alkanes) is 4. The highest BCUT2D eigenvalue weighted by atomic mass is 32.2. The first-order chi connectivity index (χ1) is 5.91. The fraction of sp³-hybridized carbons (Fsp3) is 0.818. The van der Waals surface area contributed by atoms with Crippen molar-refractivity contribution in [1.82, 2.24) is 0 Å². The van der Waals surface area contributed by atoms with Gasteiger partial charge in [-0.25, -0.2) is 0 Å². The van der Waals surface area contributed by atoms with E-state index in [4.69, 9.17) is 0 Å². The second-order valence-electron chi connectivity index (χ2n) is 2.91. The molecule has 0 N–H and O–H groups in total. The van der Waals surface area contributed by atoms with Crippen LogP contribution in [0.2, 0.25) is 0 Å². The summed E-state index contributed by atoms with van der Waals surface area (Å²) >= 11 is 1.93. The van der Waals surface area contributed by atoms with Crippen molar-refractivity contribution in [2.75, 3.05) is 12.0 Å². The molecule has 1 heteroatoms. The van der Waals surface area contributed by atoms with Gasteiger partial charge in [-0.15, -0.1) is 11.8 Å². The topological polar surface area (TPSA) is 0 Å². The minimum absolute atomic E-state index is 1.10. The minimum Gasteiger partial charge on any atom is -0.165 e. The van der Waals surface area contributed by atoms with Crippen LogP contribution in [0.1, 0.15) is 45.4 Å². The zero-order valence-electron chi connectivity index (χ0n) is 8.36. The van der Waals surface area contributed by atoms with Crippen LogP contribution in [-0.4, -0.2) is 12.0 Å². The summed E-state index contributed by atoms with van der Waals surface area (Å²) < 4.78 is 0. The third kappa shape index (κ3) is 9.91. The summed E-state index contributed by atoms with van der Waals surface area (Å²) in [6, 6.07) is 0. The Morgan fingerprint density at radius 3 is 2.25 bits per heavy atom. The van der Waals surface area contributed by atoms with Crippen LogP contribution in [0.5, 0.6) is 0 Å².